The summed E-state index contributed by atoms with van der Waals surface area (Å²) in [7, 11) is 3.34. The average Bonchev–Trinajstić information content (AvgIpc) is 2.78. The number of alkyl halides is 1. The molecule has 7 heteroatoms. The third-order valence-electron chi connectivity index (χ3n) is 4.03. The van der Waals surface area contributed by atoms with Crippen LogP contribution in [-0.2, 0) is 4.74 Å². The van der Waals surface area contributed by atoms with Crippen LogP contribution in [0, 0.1) is 5.41 Å². The second kappa shape index (κ2) is 13.2. The number of benzene rings is 1. The molecule has 0 saturated heterocycles. The van der Waals surface area contributed by atoms with Crippen LogP contribution in [0.3, 0.4) is 0 Å². The van der Waals surface area contributed by atoms with Crippen LogP contribution < -0.4 is 10.6 Å². The highest BCUT2D eigenvalue weighted by atomic mass is 35.5. The summed E-state index contributed by atoms with van der Waals surface area (Å²) < 4.78 is 5.37. The highest BCUT2D eigenvalue weighted by molar-refractivity contribution is 6.21. The molecule has 0 saturated carbocycles. The summed E-state index contributed by atoms with van der Waals surface area (Å²) in [5.41, 5.74) is 3.01. The molecule has 0 aliphatic carbocycles. The van der Waals surface area contributed by atoms with E-state index in [1.165, 1.54) is 0 Å². The van der Waals surface area contributed by atoms with Gasteiger partial charge in [0.25, 0.3) is 0 Å². The van der Waals surface area contributed by atoms with E-state index in [0.717, 1.165) is 5.56 Å². The summed E-state index contributed by atoms with van der Waals surface area (Å²) in [6.45, 7) is 11.3. The van der Waals surface area contributed by atoms with E-state index in [-0.39, 0.29) is 5.38 Å². The smallest absolute Gasteiger partial charge is 0.162 e. The number of halogens is 1. The molecule has 2 rings (SSSR count). The van der Waals surface area contributed by atoms with Crippen LogP contribution >= 0.6 is 11.6 Å². The van der Waals surface area contributed by atoms with Crippen molar-refractivity contribution in [1.82, 2.24) is 9.97 Å². The van der Waals surface area contributed by atoms with Crippen molar-refractivity contribution >= 4 is 28.8 Å². The van der Waals surface area contributed by atoms with Crippen molar-refractivity contribution in [2.75, 3.05) is 24.8 Å². The number of anilines is 2. The molecule has 0 aliphatic rings. The Morgan fingerprint density at radius 1 is 1.23 bits per heavy atom. The Labute approximate surface area is 190 Å². The Hall–Kier alpha value is -3.12. The van der Waals surface area contributed by atoms with Gasteiger partial charge in [0.2, 0.25) is 0 Å². The highest BCUT2D eigenvalue weighted by Gasteiger charge is 2.17. The van der Waals surface area contributed by atoms with E-state index >= 15 is 0 Å². The lowest BCUT2D eigenvalue weighted by molar-refractivity contribution is 0.282. The first-order valence-electron chi connectivity index (χ1n) is 10.1. The van der Waals surface area contributed by atoms with Gasteiger partial charge in [0.05, 0.1) is 18.2 Å². The molecule has 0 spiro atoms. The number of ether oxygens (including phenoxy) is 1. The standard InChI is InChI=1S/C22H26ClN5O.C2H6/c1-6-10-17(13-18(29-5)14(2)23)26-22-20(25-4)19(15(3)24)27-21(28-22)16-11-8-7-9-12-16;1-2/h6-14,24-25H,1H2,2-5H3,(H,26,27,28);1-2H3/b17-10+,18-13+,24-15?;. The Morgan fingerprint density at radius 2 is 1.87 bits per heavy atom. The molecule has 1 aromatic heterocycles. The fourth-order valence-electron chi connectivity index (χ4n) is 2.65. The van der Waals surface area contributed by atoms with Crippen molar-refractivity contribution < 1.29 is 4.74 Å². The Morgan fingerprint density at radius 3 is 2.35 bits per heavy atom. The largest absolute Gasteiger partial charge is 0.499 e. The van der Waals surface area contributed by atoms with Gasteiger partial charge in [-0.2, -0.15) is 0 Å². The number of allylic oxidation sites excluding steroid dienone is 4. The lowest BCUT2D eigenvalue weighted by Crippen LogP contribution is -2.12. The van der Waals surface area contributed by atoms with E-state index < -0.39 is 0 Å². The van der Waals surface area contributed by atoms with Gasteiger partial charge in [-0.1, -0.05) is 56.8 Å². The van der Waals surface area contributed by atoms with Gasteiger partial charge < -0.3 is 20.8 Å². The molecule has 0 fully saturated rings. The third-order valence-corrected chi connectivity index (χ3v) is 4.25. The molecule has 6 nitrogen and oxygen atoms in total. The maximum Gasteiger partial charge on any atom is 0.162 e. The normalized spacial score (nSPS) is 12.2. The molecule has 1 heterocycles. The fourth-order valence-corrected chi connectivity index (χ4v) is 2.81. The fraction of sp³-hybridized carbons (Fsp3) is 0.292. The number of rotatable bonds is 9. The van der Waals surface area contributed by atoms with Gasteiger partial charge in [-0.3, -0.25) is 0 Å². The van der Waals surface area contributed by atoms with Crippen LogP contribution in [0.15, 0.2) is 66.6 Å². The molecule has 31 heavy (non-hydrogen) atoms. The first kappa shape index (κ1) is 25.9. The quantitative estimate of drug-likeness (QED) is 0.186. The van der Waals surface area contributed by atoms with E-state index in [9.17, 15) is 0 Å². The van der Waals surface area contributed by atoms with Crippen LogP contribution in [0.1, 0.15) is 33.4 Å². The predicted molar refractivity (Wildman–Crippen MR) is 133 cm³/mol. The van der Waals surface area contributed by atoms with Gasteiger partial charge in [0.15, 0.2) is 11.6 Å². The van der Waals surface area contributed by atoms with Crippen LogP contribution in [-0.4, -0.2) is 35.2 Å². The minimum atomic E-state index is -0.302. The predicted octanol–water partition coefficient (Wildman–Crippen LogP) is 6.24. The zero-order valence-corrected chi connectivity index (χ0v) is 19.8. The molecule has 0 amide bonds. The molecule has 0 aliphatic heterocycles. The van der Waals surface area contributed by atoms with Crippen molar-refractivity contribution in [3.05, 3.63) is 72.3 Å². The number of aromatic nitrogens is 2. The topological polar surface area (TPSA) is 82.9 Å². The maximum absolute atomic E-state index is 8.16. The molecule has 1 unspecified atom stereocenters. The van der Waals surface area contributed by atoms with E-state index in [0.29, 0.717) is 40.2 Å². The molecule has 0 bridgehead atoms. The number of methoxy groups -OCH3 is 1. The second-order valence-electron chi connectivity index (χ2n) is 6.21. The summed E-state index contributed by atoms with van der Waals surface area (Å²) in [5.74, 6) is 1.65. The first-order valence-corrected chi connectivity index (χ1v) is 10.5. The average molecular weight is 442 g/mol. The summed E-state index contributed by atoms with van der Waals surface area (Å²) in [5, 5.41) is 14.2. The van der Waals surface area contributed by atoms with E-state index in [1.807, 2.05) is 51.1 Å². The molecule has 166 valence electrons. The van der Waals surface area contributed by atoms with Crippen LogP contribution in [0.25, 0.3) is 11.4 Å². The number of nitrogens with one attached hydrogen (secondary N) is 3. The monoisotopic (exact) mass is 441 g/mol. The Bertz CT molecular complexity index is 936. The van der Waals surface area contributed by atoms with Crippen LogP contribution in [0.5, 0.6) is 0 Å². The van der Waals surface area contributed by atoms with Crippen molar-refractivity contribution in [3.63, 3.8) is 0 Å². The van der Waals surface area contributed by atoms with Crippen molar-refractivity contribution in [2.45, 2.75) is 33.1 Å². The Kier molecular flexibility index (Phi) is 11.1. The van der Waals surface area contributed by atoms with E-state index in [4.69, 9.17) is 26.7 Å². The minimum absolute atomic E-state index is 0.302. The molecular formula is C24H32ClN5O. The van der Waals surface area contributed by atoms with Crippen LogP contribution in [0.2, 0.25) is 0 Å². The van der Waals surface area contributed by atoms with Gasteiger partial charge in [-0.05, 0) is 19.9 Å². The molecule has 2 aromatic rings. The van der Waals surface area contributed by atoms with Gasteiger partial charge in [-0.15, -0.1) is 11.6 Å². The van der Waals surface area contributed by atoms with Gasteiger partial charge in [0.1, 0.15) is 17.1 Å². The van der Waals surface area contributed by atoms with Crippen LogP contribution in [0.4, 0.5) is 11.5 Å². The molecular weight excluding hydrogens is 410 g/mol. The number of hydrogen-bond acceptors (Lipinski definition) is 6. The van der Waals surface area contributed by atoms with E-state index in [1.54, 1.807) is 39.3 Å². The van der Waals surface area contributed by atoms with Crippen molar-refractivity contribution in [2.24, 2.45) is 0 Å². The lowest BCUT2D eigenvalue weighted by atomic mass is 10.1. The zero-order chi connectivity index (χ0) is 23.4. The summed E-state index contributed by atoms with van der Waals surface area (Å²) in [6, 6.07) is 9.64. The molecule has 1 aromatic carbocycles. The maximum atomic E-state index is 8.16. The second-order valence-corrected chi connectivity index (χ2v) is 6.86. The third kappa shape index (κ3) is 7.26. The van der Waals surface area contributed by atoms with Gasteiger partial charge >= 0.3 is 0 Å². The number of hydrogen-bond donors (Lipinski definition) is 3. The molecule has 3 N–H and O–H groups in total. The van der Waals surface area contributed by atoms with Gasteiger partial charge in [-0.25, -0.2) is 9.97 Å². The first-order chi connectivity index (χ1) is 14.9. The summed E-state index contributed by atoms with van der Waals surface area (Å²) in [4.78, 5) is 9.29. The van der Waals surface area contributed by atoms with Crippen molar-refractivity contribution in [1.29, 1.82) is 5.41 Å². The SMILES string of the molecule is C=C/C=C(\C=C(\OC)C(C)Cl)Nc1nc(-c2ccccc2)nc(C(C)=N)c1NC.CC. The van der Waals surface area contributed by atoms with Crippen molar-refractivity contribution in [3.8, 4) is 11.4 Å². The Balaban J connectivity index is 0.00000233. The zero-order valence-electron chi connectivity index (χ0n) is 19.1. The molecule has 0 radical (unpaired) electrons. The molecule has 1 atom stereocenters. The van der Waals surface area contributed by atoms with E-state index in [2.05, 4.69) is 22.2 Å². The summed E-state index contributed by atoms with van der Waals surface area (Å²) >= 11 is 6.18. The minimum Gasteiger partial charge on any atom is -0.499 e. The highest BCUT2D eigenvalue weighted by Crippen LogP contribution is 2.29. The van der Waals surface area contributed by atoms with Gasteiger partial charge in [0, 0.05) is 24.4 Å². The summed E-state index contributed by atoms with van der Waals surface area (Å²) in [6.07, 6.45) is 5.24. The number of nitrogens with zero attached hydrogens (tertiary/aromatic N) is 2. The lowest BCUT2D eigenvalue weighted by Gasteiger charge is -2.17.